The Hall–Kier alpha value is -2.59. The summed E-state index contributed by atoms with van der Waals surface area (Å²) in [5.41, 5.74) is 2.96. The molecule has 0 radical (unpaired) electrons. The van der Waals surface area contributed by atoms with E-state index in [1.807, 2.05) is 16.9 Å². The molecule has 8 nitrogen and oxygen atoms in total. The number of amides is 2. The lowest BCUT2D eigenvalue weighted by Crippen LogP contribution is -2.30. The molecule has 10 heteroatoms. The van der Waals surface area contributed by atoms with Crippen LogP contribution >= 0.6 is 11.3 Å². The van der Waals surface area contributed by atoms with Crippen LogP contribution in [-0.4, -0.2) is 31.0 Å². The zero-order chi connectivity index (χ0) is 20.3. The van der Waals surface area contributed by atoms with Gasteiger partial charge in [0.2, 0.25) is 11.8 Å². The standard InChI is InChI=1S/C18H19N3O5S2/c1-11(22)20-18-19-10-17(27-18)28(25,26)21-16(24)8-7-15(23)14-6-5-12-3-2-4-13(12)9-14/h5-6,9-10H,2-4,7-8H2,1H3,(H,21,24)(H,19,20,22). The maximum atomic E-state index is 12.3. The van der Waals surface area contributed by atoms with Gasteiger partial charge in [-0.25, -0.2) is 18.1 Å². The molecule has 2 aromatic rings. The fourth-order valence-electron chi connectivity index (χ4n) is 2.96. The van der Waals surface area contributed by atoms with Crippen molar-refractivity contribution in [1.82, 2.24) is 9.71 Å². The molecule has 0 unspecified atom stereocenters. The topological polar surface area (TPSA) is 122 Å². The third-order valence-electron chi connectivity index (χ3n) is 4.28. The second-order valence-corrected chi connectivity index (χ2v) is 9.39. The van der Waals surface area contributed by atoms with E-state index in [0.717, 1.165) is 42.4 Å². The van der Waals surface area contributed by atoms with Crippen LogP contribution in [0.4, 0.5) is 5.13 Å². The van der Waals surface area contributed by atoms with Gasteiger partial charge in [-0.1, -0.05) is 23.5 Å². The predicted molar refractivity (Wildman–Crippen MR) is 104 cm³/mol. The number of carbonyl (C=O) groups is 3. The van der Waals surface area contributed by atoms with Crippen LogP contribution in [0.3, 0.4) is 0 Å². The van der Waals surface area contributed by atoms with Crippen molar-refractivity contribution >= 4 is 44.1 Å². The molecule has 148 valence electrons. The summed E-state index contributed by atoms with van der Waals surface area (Å²) < 4.78 is 26.2. The van der Waals surface area contributed by atoms with Crippen LogP contribution in [0.1, 0.15) is 47.7 Å². The number of anilines is 1. The van der Waals surface area contributed by atoms with Crippen molar-refractivity contribution in [3.8, 4) is 0 Å². The highest BCUT2D eigenvalue weighted by Crippen LogP contribution is 2.24. The van der Waals surface area contributed by atoms with Crippen molar-refractivity contribution in [3.05, 3.63) is 41.1 Å². The molecule has 2 N–H and O–H groups in total. The monoisotopic (exact) mass is 421 g/mol. The van der Waals surface area contributed by atoms with Gasteiger partial charge in [-0.05, 0) is 36.5 Å². The maximum absolute atomic E-state index is 12.3. The Morgan fingerprint density at radius 3 is 2.64 bits per heavy atom. The molecule has 0 spiro atoms. The van der Waals surface area contributed by atoms with Gasteiger partial charge in [0.25, 0.3) is 10.0 Å². The summed E-state index contributed by atoms with van der Waals surface area (Å²) in [5, 5.41) is 2.49. The lowest BCUT2D eigenvalue weighted by Gasteiger charge is -2.06. The van der Waals surface area contributed by atoms with Crippen LogP contribution in [0.5, 0.6) is 0 Å². The minimum Gasteiger partial charge on any atom is -0.302 e. The minimum absolute atomic E-state index is 0.0834. The van der Waals surface area contributed by atoms with Crippen LogP contribution in [0.2, 0.25) is 0 Å². The zero-order valence-electron chi connectivity index (χ0n) is 15.1. The van der Waals surface area contributed by atoms with Gasteiger partial charge in [0.15, 0.2) is 15.1 Å². The summed E-state index contributed by atoms with van der Waals surface area (Å²) in [6.45, 7) is 1.27. The van der Waals surface area contributed by atoms with E-state index in [0.29, 0.717) is 5.56 Å². The minimum atomic E-state index is -4.10. The number of aromatic nitrogens is 1. The number of benzene rings is 1. The first-order valence-electron chi connectivity index (χ1n) is 8.68. The predicted octanol–water partition coefficient (Wildman–Crippen LogP) is 2.06. The summed E-state index contributed by atoms with van der Waals surface area (Å²) >= 11 is 0.730. The molecule has 0 aliphatic heterocycles. The van der Waals surface area contributed by atoms with Gasteiger partial charge < -0.3 is 5.32 Å². The Balaban J connectivity index is 1.56. The van der Waals surface area contributed by atoms with Crippen molar-refractivity contribution in [2.75, 3.05) is 5.32 Å². The number of rotatable bonds is 7. The van der Waals surface area contributed by atoms with Crippen LogP contribution in [0, 0.1) is 0 Å². The number of nitrogens with one attached hydrogen (secondary N) is 2. The van der Waals surface area contributed by atoms with Gasteiger partial charge in [0.05, 0.1) is 6.20 Å². The van der Waals surface area contributed by atoms with E-state index >= 15 is 0 Å². The van der Waals surface area contributed by atoms with Crippen molar-refractivity contribution in [2.24, 2.45) is 0 Å². The molecule has 1 aliphatic rings. The van der Waals surface area contributed by atoms with Gasteiger partial charge in [0.1, 0.15) is 0 Å². The summed E-state index contributed by atoms with van der Waals surface area (Å²) in [7, 11) is -4.10. The summed E-state index contributed by atoms with van der Waals surface area (Å²) in [5.74, 6) is -1.36. The Labute approximate surface area is 166 Å². The number of hydrogen-bond donors (Lipinski definition) is 2. The molecule has 0 saturated heterocycles. The first-order valence-corrected chi connectivity index (χ1v) is 11.0. The smallest absolute Gasteiger partial charge is 0.275 e. The quantitative estimate of drug-likeness (QED) is 0.660. The molecule has 1 heterocycles. The molecular weight excluding hydrogens is 402 g/mol. The average Bonchev–Trinajstić information content (AvgIpc) is 3.27. The van der Waals surface area contributed by atoms with Crippen LogP contribution in [-0.2, 0) is 32.5 Å². The number of fused-ring (bicyclic) bond motifs is 1. The summed E-state index contributed by atoms with van der Waals surface area (Å²) in [6.07, 6.45) is 3.78. The van der Waals surface area contributed by atoms with E-state index in [4.69, 9.17) is 0 Å². The highest BCUT2D eigenvalue weighted by atomic mass is 32.2. The summed E-state index contributed by atoms with van der Waals surface area (Å²) in [4.78, 5) is 39.1. The molecule has 2 amide bonds. The zero-order valence-corrected chi connectivity index (χ0v) is 16.8. The molecule has 1 aromatic carbocycles. The van der Waals surface area contributed by atoms with Crippen molar-refractivity contribution in [3.63, 3.8) is 0 Å². The van der Waals surface area contributed by atoms with E-state index < -0.39 is 15.9 Å². The Bertz CT molecular complexity index is 1040. The van der Waals surface area contributed by atoms with Gasteiger partial charge >= 0.3 is 0 Å². The first-order chi connectivity index (χ1) is 13.2. The highest BCUT2D eigenvalue weighted by Gasteiger charge is 2.22. The molecule has 0 bridgehead atoms. The van der Waals surface area contributed by atoms with Crippen molar-refractivity contribution in [2.45, 2.75) is 43.2 Å². The highest BCUT2D eigenvalue weighted by molar-refractivity contribution is 7.92. The second-order valence-electron chi connectivity index (χ2n) is 6.45. The number of thiazole rings is 1. The number of nitrogens with zero attached hydrogens (tertiary/aromatic N) is 1. The lowest BCUT2D eigenvalue weighted by molar-refractivity contribution is -0.119. The molecule has 0 saturated carbocycles. The third kappa shape index (κ3) is 4.82. The molecule has 3 rings (SSSR count). The van der Waals surface area contributed by atoms with Gasteiger partial charge in [-0.15, -0.1) is 0 Å². The first kappa shape index (κ1) is 20.2. The number of carbonyl (C=O) groups excluding carboxylic acids is 3. The normalized spacial score (nSPS) is 13.0. The molecule has 0 fully saturated rings. The molecule has 0 atom stereocenters. The van der Waals surface area contributed by atoms with E-state index in [9.17, 15) is 22.8 Å². The van der Waals surface area contributed by atoms with Crippen LogP contribution in [0.25, 0.3) is 0 Å². The second kappa shape index (κ2) is 8.19. The van der Waals surface area contributed by atoms with Crippen LogP contribution < -0.4 is 10.0 Å². The van der Waals surface area contributed by atoms with Gasteiger partial charge in [-0.2, -0.15) is 0 Å². The van der Waals surface area contributed by atoms with E-state index in [-0.39, 0.29) is 33.9 Å². The van der Waals surface area contributed by atoms with Crippen molar-refractivity contribution < 1.29 is 22.8 Å². The van der Waals surface area contributed by atoms with E-state index in [1.54, 1.807) is 6.07 Å². The Morgan fingerprint density at radius 1 is 1.14 bits per heavy atom. The molecule has 28 heavy (non-hydrogen) atoms. The number of sulfonamides is 1. The van der Waals surface area contributed by atoms with E-state index in [1.165, 1.54) is 12.5 Å². The number of ketones is 1. The molecule has 1 aliphatic carbocycles. The van der Waals surface area contributed by atoms with Gasteiger partial charge in [-0.3, -0.25) is 14.4 Å². The lowest BCUT2D eigenvalue weighted by atomic mass is 10.0. The molecule has 1 aromatic heterocycles. The SMILES string of the molecule is CC(=O)Nc1ncc(S(=O)(=O)NC(=O)CCC(=O)c2ccc3c(c2)CCC3)s1. The summed E-state index contributed by atoms with van der Waals surface area (Å²) in [6, 6.07) is 5.55. The third-order valence-corrected chi connectivity index (χ3v) is 7.03. The van der Waals surface area contributed by atoms with Crippen LogP contribution in [0.15, 0.2) is 28.6 Å². The number of Topliss-reactive ketones (excluding diaryl/α,β-unsaturated/α-hetero) is 1. The Kier molecular flexibility index (Phi) is 5.90. The van der Waals surface area contributed by atoms with Gasteiger partial charge in [0, 0.05) is 25.3 Å². The Morgan fingerprint density at radius 2 is 1.89 bits per heavy atom. The van der Waals surface area contributed by atoms with Crippen molar-refractivity contribution in [1.29, 1.82) is 0 Å². The fourth-order valence-corrected chi connectivity index (χ4v) is 5.05. The largest absolute Gasteiger partial charge is 0.302 e. The molecular formula is C18H19N3O5S2. The number of hydrogen-bond acceptors (Lipinski definition) is 7. The maximum Gasteiger partial charge on any atom is 0.275 e. The average molecular weight is 422 g/mol. The number of aryl methyl sites for hydroxylation is 2. The van der Waals surface area contributed by atoms with E-state index in [2.05, 4.69) is 10.3 Å². The fraction of sp³-hybridized carbons (Fsp3) is 0.333.